The molecule has 0 saturated carbocycles. The third-order valence-electron chi connectivity index (χ3n) is 1.22. The average molecular weight is 141 g/mol. The Balaban J connectivity index is 2.96. The van der Waals surface area contributed by atoms with Gasteiger partial charge in [-0.2, -0.15) is 5.90 Å². The van der Waals surface area contributed by atoms with E-state index in [1.54, 1.807) is 0 Å². The lowest BCUT2D eigenvalue weighted by Gasteiger charge is -1.96. The van der Waals surface area contributed by atoms with Crippen LogP contribution in [0, 0.1) is 0 Å². The lowest BCUT2D eigenvalue weighted by Crippen LogP contribution is -2.08. The van der Waals surface area contributed by atoms with Crippen LogP contribution in [0.1, 0.15) is 25.7 Å². The summed E-state index contributed by atoms with van der Waals surface area (Å²) in [5.41, 5.74) is 0. The van der Waals surface area contributed by atoms with E-state index in [0.717, 1.165) is 19.3 Å². The summed E-state index contributed by atoms with van der Waals surface area (Å²) in [6.07, 6.45) is 3.81. The summed E-state index contributed by atoms with van der Waals surface area (Å²) in [7, 11) is 5.24. The molecule has 0 aliphatic carbocycles. The molecule has 3 nitrogen and oxygen atoms in total. The zero-order valence-corrected chi connectivity index (χ0v) is 6.01. The number of unbranched alkanes of at least 4 members (excludes halogenated alkanes) is 2. The lowest BCUT2D eigenvalue weighted by atomic mass is 9.99. The molecule has 0 atom stereocenters. The molecule has 2 radical (unpaired) electrons. The van der Waals surface area contributed by atoms with Crippen LogP contribution >= 0.6 is 0 Å². The maximum Gasteiger partial charge on any atom is 0.324 e. The summed E-state index contributed by atoms with van der Waals surface area (Å²) in [6, 6.07) is 0. The maximum atomic E-state index is 10.4. The van der Waals surface area contributed by atoms with Gasteiger partial charge in [0.2, 0.25) is 0 Å². The second-order valence-electron chi connectivity index (χ2n) is 2.09. The highest BCUT2D eigenvalue weighted by Gasteiger charge is 1.98. The van der Waals surface area contributed by atoms with Crippen LogP contribution in [0.4, 0.5) is 0 Å². The molecule has 0 saturated heterocycles. The molecular formula is C6H12BNO2. The van der Waals surface area contributed by atoms with Crippen molar-refractivity contribution in [3.63, 3.8) is 0 Å². The SMILES string of the molecule is [B]CCCCCC(=O)ON. The highest BCUT2D eigenvalue weighted by Crippen LogP contribution is 2.01. The minimum atomic E-state index is -0.350. The van der Waals surface area contributed by atoms with Crippen LogP contribution in [-0.2, 0) is 9.63 Å². The smallest absolute Gasteiger partial charge is 0.324 e. The molecule has 0 aliphatic heterocycles. The van der Waals surface area contributed by atoms with Gasteiger partial charge in [0.1, 0.15) is 0 Å². The number of nitrogens with two attached hydrogens (primary N) is 1. The fourth-order valence-electron chi connectivity index (χ4n) is 0.649. The number of hydrogen-bond donors (Lipinski definition) is 1. The Bertz CT molecular complexity index is 97.7. The second kappa shape index (κ2) is 6.61. The van der Waals surface area contributed by atoms with Gasteiger partial charge < -0.3 is 4.84 Å². The van der Waals surface area contributed by atoms with Gasteiger partial charge in [0.15, 0.2) is 0 Å². The van der Waals surface area contributed by atoms with Crippen LogP contribution in [0.25, 0.3) is 0 Å². The monoisotopic (exact) mass is 141 g/mol. The van der Waals surface area contributed by atoms with Gasteiger partial charge in [-0.05, 0) is 6.42 Å². The van der Waals surface area contributed by atoms with Gasteiger partial charge in [-0.25, -0.2) is 0 Å². The van der Waals surface area contributed by atoms with Gasteiger partial charge in [-0.3, -0.25) is 4.79 Å². The van der Waals surface area contributed by atoms with Crippen molar-refractivity contribution < 1.29 is 9.63 Å². The van der Waals surface area contributed by atoms with Gasteiger partial charge in [0.25, 0.3) is 0 Å². The number of hydrogen-bond acceptors (Lipinski definition) is 3. The summed E-state index contributed by atoms with van der Waals surface area (Å²) in [5, 5.41) is 0. The molecule has 0 aliphatic rings. The minimum Gasteiger partial charge on any atom is -0.373 e. The predicted octanol–water partition coefficient (Wildman–Crippen LogP) is 0.551. The van der Waals surface area contributed by atoms with Gasteiger partial charge in [0, 0.05) is 6.42 Å². The Kier molecular flexibility index (Phi) is 6.28. The molecule has 2 N–H and O–H groups in total. The fraction of sp³-hybridized carbons (Fsp3) is 0.833. The summed E-state index contributed by atoms with van der Waals surface area (Å²) in [5.74, 6) is 4.26. The Morgan fingerprint density at radius 1 is 1.40 bits per heavy atom. The Morgan fingerprint density at radius 2 is 2.10 bits per heavy atom. The Hall–Kier alpha value is -0.505. The standard InChI is InChI=1S/C6H12BNO2/c7-5-3-1-2-4-6(9)10-8/h1-5,8H2. The molecule has 0 bridgehead atoms. The number of carbonyl (C=O) groups is 1. The summed E-state index contributed by atoms with van der Waals surface area (Å²) in [6.45, 7) is 0. The van der Waals surface area contributed by atoms with Crippen LogP contribution in [0.15, 0.2) is 0 Å². The van der Waals surface area contributed by atoms with E-state index in [4.69, 9.17) is 7.85 Å². The van der Waals surface area contributed by atoms with Gasteiger partial charge >= 0.3 is 5.97 Å². The topological polar surface area (TPSA) is 52.3 Å². The van der Waals surface area contributed by atoms with Crippen LogP contribution in [0.5, 0.6) is 0 Å². The number of carbonyl (C=O) groups excluding carboxylic acids is 1. The largest absolute Gasteiger partial charge is 0.373 e. The molecule has 0 aromatic carbocycles. The lowest BCUT2D eigenvalue weighted by molar-refractivity contribution is -0.144. The van der Waals surface area contributed by atoms with E-state index < -0.39 is 0 Å². The van der Waals surface area contributed by atoms with Crippen molar-refractivity contribution in [3.8, 4) is 0 Å². The molecule has 0 rings (SSSR count). The van der Waals surface area contributed by atoms with Crippen LogP contribution in [0.2, 0.25) is 6.32 Å². The van der Waals surface area contributed by atoms with E-state index in [9.17, 15) is 4.79 Å². The molecule has 0 fully saturated rings. The van der Waals surface area contributed by atoms with Gasteiger partial charge in [-0.1, -0.05) is 19.2 Å². The number of rotatable bonds is 5. The average Bonchev–Trinajstić information content (AvgIpc) is 1.98. The molecular weight excluding hydrogens is 129 g/mol. The van der Waals surface area contributed by atoms with Crippen LogP contribution in [0.3, 0.4) is 0 Å². The molecule has 0 aromatic rings. The molecule has 0 unspecified atom stereocenters. The van der Waals surface area contributed by atoms with Crippen molar-refractivity contribution in [2.45, 2.75) is 32.0 Å². The second-order valence-corrected chi connectivity index (χ2v) is 2.09. The Morgan fingerprint density at radius 3 is 2.60 bits per heavy atom. The van der Waals surface area contributed by atoms with Crippen molar-refractivity contribution in [3.05, 3.63) is 0 Å². The van der Waals surface area contributed by atoms with Crippen molar-refractivity contribution in [1.82, 2.24) is 0 Å². The first-order valence-electron chi connectivity index (χ1n) is 3.41. The zero-order chi connectivity index (χ0) is 7.82. The first-order chi connectivity index (χ1) is 4.81. The molecule has 0 spiro atoms. The van der Waals surface area contributed by atoms with Crippen LogP contribution < -0.4 is 5.90 Å². The normalized spacial score (nSPS) is 9.30. The van der Waals surface area contributed by atoms with Gasteiger partial charge in [0.05, 0.1) is 7.85 Å². The molecule has 4 heteroatoms. The molecule has 56 valence electrons. The van der Waals surface area contributed by atoms with Crippen LogP contribution in [-0.4, -0.2) is 13.8 Å². The highest BCUT2D eigenvalue weighted by atomic mass is 16.7. The van der Waals surface area contributed by atoms with E-state index in [1.807, 2.05) is 0 Å². The van der Waals surface area contributed by atoms with E-state index in [1.165, 1.54) is 0 Å². The van der Waals surface area contributed by atoms with Crippen molar-refractivity contribution in [2.75, 3.05) is 0 Å². The summed E-state index contributed by atoms with van der Waals surface area (Å²) in [4.78, 5) is 14.4. The third kappa shape index (κ3) is 5.63. The fourth-order valence-corrected chi connectivity index (χ4v) is 0.649. The van der Waals surface area contributed by atoms with Crippen molar-refractivity contribution in [1.29, 1.82) is 0 Å². The Labute approximate surface area is 62.3 Å². The first kappa shape index (κ1) is 9.49. The van der Waals surface area contributed by atoms with E-state index >= 15 is 0 Å². The van der Waals surface area contributed by atoms with Gasteiger partial charge in [-0.15, -0.1) is 0 Å². The highest BCUT2D eigenvalue weighted by molar-refractivity contribution is 6.08. The quantitative estimate of drug-likeness (QED) is 0.345. The molecule has 0 heterocycles. The minimum absolute atomic E-state index is 0.350. The molecule has 0 aromatic heterocycles. The van der Waals surface area contributed by atoms with E-state index in [-0.39, 0.29) is 5.97 Å². The molecule has 0 amide bonds. The summed E-state index contributed by atoms with van der Waals surface area (Å²) >= 11 is 0. The zero-order valence-electron chi connectivity index (χ0n) is 6.01. The van der Waals surface area contributed by atoms with E-state index in [2.05, 4.69) is 10.7 Å². The van der Waals surface area contributed by atoms with Crippen molar-refractivity contribution in [2.24, 2.45) is 5.90 Å². The molecule has 10 heavy (non-hydrogen) atoms. The van der Waals surface area contributed by atoms with Crippen molar-refractivity contribution >= 4 is 13.8 Å². The van der Waals surface area contributed by atoms with E-state index in [0.29, 0.717) is 12.7 Å². The predicted molar refractivity (Wildman–Crippen MR) is 39.3 cm³/mol. The first-order valence-corrected chi connectivity index (χ1v) is 3.41. The summed E-state index contributed by atoms with van der Waals surface area (Å²) < 4.78 is 0. The maximum absolute atomic E-state index is 10.4. The third-order valence-corrected chi connectivity index (χ3v) is 1.22.